The molecule has 4 nitrogen and oxygen atoms in total. The lowest BCUT2D eigenvalue weighted by molar-refractivity contribution is -0.116. The molecule has 0 spiro atoms. The van der Waals surface area contributed by atoms with Crippen molar-refractivity contribution in [3.8, 4) is 5.75 Å². The highest BCUT2D eigenvalue weighted by Gasteiger charge is 2.15. The van der Waals surface area contributed by atoms with Crippen LogP contribution in [0.15, 0.2) is 22.7 Å². The Balaban J connectivity index is 0.00000200. The number of ether oxygens (including phenoxy) is 1. The number of amides is 1. The topological polar surface area (TPSA) is 50.4 Å². The number of carbonyl (C=O) groups excluding carboxylic acids is 1. The zero-order chi connectivity index (χ0) is 13.7. The fourth-order valence-electron chi connectivity index (χ4n) is 2.25. The van der Waals surface area contributed by atoms with E-state index in [-0.39, 0.29) is 18.3 Å². The molecule has 20 heavy (non-hydrogen) atoms. The van der Waals surface area contributed by atoms with Crippen molar-refractivity contribution in [2.75, 3.05) is 19.0 Å². The average Bonchev–Trinajstić information content (AvgIpc) is 2.92. The zero-order valence-corrected chi connectivity index (χ0v) is 13.9. The summed E-state index contributed by atoms with van der Waals surface area (Å²) in [5.41, 5.74) is 0.753. The van der Waals surface area contributed by atoms with Gasteiger partial charge in [0.15, 0.2) is 0 Å². The maximum Gasteiger partial charge on any atom is 0.224 e. The van der Waals surface area contributed by atoms with Gasteiger partial charge < -0.3 is 15.4 Å². The highest BCUT2D eigenvalue weighted by molar-refractivity contribution is 9.10. The van der Waals surface area contributed by atoms with Crippen molar-refractivity contribution in [1.82, 2.24) is 5.32 Å². The predicted molar refractivity (Wildman–Crippen MR) is 86.8 cm³/mol. The first kappa shape index (κ1) is 17.3. The molecule has 1 fully saturated rings. The standard InChI is InChI=1S/C14H19BrN2O2.ClH/c1-19-11-5-6-12(15)13(9-11)17-14(18)7-4-10-3-2-8-16-10;/h5-6,9-10,16H,2-4,7-8H2,1H3,(H,17,18);1H. The van der Waals surface area contributed by atoms with Crippen LogP contribution in [0.3, 0.4) is 0 Å². The third-order valence-corrected chi connectivity index (χ3v) is 4.02. The fourth-order valence-corrected chi connectivity index (χ4v) is 2.59. The van der Waals surface area contributed by atoms with Crippen LogP contribution in [-0.2, 0) is 4.79 Å². The maximum absolute atomic E-state index is 11.9. The van der Waals surface area contributed by atoms with Crippen LogP contribution >= 0.6 is 28.3 Å². The molecule has 1 amide bonds. The molecule has 1 aromatic rings. The Labute approximate surface area is 134 Å². The number of hydrogen-bond donors (Lipinski definition) is 2. The van der Waals surface area contributed by atoms with Crippen LogP contribution in [0.1, 0.15) is 25.7 Å². The van der Waals surface area contributed by atoms with E-state index in [1.54, 1.807) is 7.11 Å². The van der Waals surface area contributed by atoms with Crippen molar-refractivity contribution in [2.24, 2.45) is 0 Å². The van der Waals surface area contributed by atoms with Crippen LogP contribution < -0.4 is 15.4 Å². The van der Waals surface area contributed by atoms with E-state index in [0.29, 0.717) is 12.5 Å². The fraction of sp³-hybridized carbons (Fsp3) is 0.500. The van der Waals surface area contributed by atoms with E-state index in [1.165, 1.54) is 12.8 Å². The molecule has 6 heteroatoms. The molecule has 1 atom stereocenters. The summed E-state index contributed by atoms with van der Waals surface area (Å²) < 4.78 is 6.01. The van der Waals surface area contributed by atoms with E-state index in [1.807, 2.05) is 18.2 Å². The minimum atomic E-state index is 0. The molecule has 1 aliphatic heterocycles. The molecule has 0 aromatic heterocycles. The Morgan fingerprint density at radius 2 is 2.35 bits per heavy atom. The number of methoxy groups -OCH3 is 1. The smallest absolute Gasteiger partial charge is 0.224 e. The van der Waals surface area contributed by atoms with Crippen LogP contribution in [0.4, 0.5) is 5.69 Å². The minimum absolute atomic E-state index is 0. The van der Waals surface area contributed by atoms with Crippen molar-refractivity contribution in [3.63, 3.8) is 0 Å². The second kappa shape index (κ2) is 8.49. The summed E-state index contributed by atoms with van der Waals surface area (Å²) in [6.07, 6.45) is 3.83. The van der Waals surface area contributed by atoms with Crippen LogP contribution in [0.25, 0.3) is 0 Å². The summed E-state index contributed by atoms with van der Waals surface area (Å²) in [6, 6.07) is 6.03. The number of hydrogen-bond acceptors (Lipinski definition) is 3. The largest absolute Gasteiger partial charge is 0.497 e. The lowest BCUT2D eigenvalue weighted by Crippen LogP contribution is -2.23. The quantitative estimate of drug-likeness (QED) is 0.843. The van der Waals surface area contributed by atoms with Crippen molar-refractivity contribution in [1.29, 1.82) is 0 Å². The molecular formula is C14H20BrClN2O2. The van der Waals surface area contributed by atoms with E-state index < -0.39 is 0 Å². The molecule has 1 heterocycles. The first-order valence-corrected chi connectivity index (χ1v) is 7.35. The molecule has 0 radical (unpaired) electrons. The Morgan fingerprint density at radius 3 is 3.00 bits per heavy atom. The lowest BCUT2D eigenvalue weighted by atomic mass is 10.1. The van der Waals surface area contributed by atoms with Gasteiger partial charge in [-0.3, -0.25) is 4.79 Å². The second-order valence-corrected chi connectivity index (χ2v) is 5.58. The third-order valence-electron chi connectivity index (χ3n) is 3.33. The maximum atomic E-state index is 11.9. The van der Waals surface area contributed by atoms with Gasteiger partial charge in [0.1, 0.15) is 5.75 Å². The minimum Gasteiger partial charge on any atom is -0.497 e. The normalized spacial score (nSPS) is 17.4. The molecule has 0 bridgehead atoms. The summed E-state index contributed by atoms with van der Waals surface area (Å²) >= 11 is 3.42. The molecule has 1 unspecified atom stereocenters. The average molecular weight is 364 g/mol. The van der Waals surface area contributed by atoms with Gasteiger partial charge in [-0.1, -0.05) is 0 Å². The molecule has 1 aliphatic rings. The van der Waals surface area contributed by atoms with Gasteiger partial charge in [0.2, 0.25) is 5.91 Å². The van der Waals surface area contributed by atoms with Crippen molar-refractivity contribution in [2.45, 2.75) is 31.7 Å². The van der Waals surface area contributed by atoms with Crippen molar-refractivity contribution in [3.05, 3.63) is 22.7 Å². The molecule has 2 rings (SSSR count). The zero-order valence-electron chi connectivity index (χ0n) is 11.4. The van der Waals surface area contributed by atoms with Gasteiger partial charge >= 0.3 is 0 Å². The summed E-state index contributed by atoms with van der Waals surface area (Å²) in [7, 11) is 1.61. The van der Waals surface area contributed by atoms with Crippen molar-refractivity contribution < 1.29 is 9.53 Å². The molecule has 0 aliphatic carbocycles. The first-order chi connectivity index (χ1) is 9.19. The van der Waals surface area contributed by atoms with E-state index in [2.05, 4.69) is 26.6 Å². The Hall–Kier alpha value is -0.780. The van der Waals surface area contributed by atoms with Crippen LogP contribution in [0.2, 0.25) is 0 Å². The SMILES string of the molecule is COc1ccc(Br)c(NC(=O)CCC2CCCN2)c1.Cl. The Morgan fingerprint density at radius 1 is 1.55 bits per heavy atom. The molecule has 1 aromatic carbocycles. The van der Waals surface area contributed by atoms with Crippen LogP contribution in [-0.4, -0.2) is 25.6 Å². The number of nitrogens with one attached hydrogen (secondary N) is 2. The van der Waals surface area contributed by atoms with Gasteiger partial charge in [0, 0.05) is 23.0 Å². The van der Waals surface area contributed by atoms with E-state index >= 15 is 0 Å². The van der Waals surface area contributed by atoms with E-state index in [4.69, 9.17) is 4.74 Å². The molecule has 1 saturated heterocycles. The summed E-state index contributed by atoms with van der Waals surface area (Å²) in [6.45, 7) is 1.08. The van der Waals surface area contributed by atoms with E-state index in [0.717, 1.165) is 28.9 Å². The van der Waals surface area contributed by atoms with Crippen LogP contribution in [0, 0.1) is 0 Å². The van der Waals surface area contributed by atoms with Gasteiger partial charge in [0.05, 0.1) is 12.8 Å². The van der Waals surface area contributed by atoms with Gasteiger partial charge in [-0.15, -0.1) is 12.4 Å². The third kappa shape index (κ3) is 4.96. The number of anilines is 1. The van der Waals surface area contributed by atoms with E-state index in [9.17, 15) is 4.79 Å². The van der Waals surface area contributed by atoms with Gasteiger partial charge in [0.25, 0.3) is 0 Å². The van der Waals surface area contributed by atoms with Gasteiger partial charge in [-0.2, -0.15) is 0 Å². The van der Waals surface area contributed by atoms with Gasteiger partial charge in [-0.25, -0.2) is 0 Å². The van der Waals surface area contributed by atoms with Crippen LogP contribution in [0.5, 0.6) is 5.75 Å². The summed E-state index contributed by atoms with van der Waals surface area (Å²) in [5.74, 6) is 0.776. The highest BCUT2D eigenvalue weighted by Crippen LogP contribution is 2.27. The number of rotatable bonds is 5. The molecule has 2 N–H and O–H groups in total. The predicted octanol–water partition coefficient (Wildman–Crippen LogP) is 3.35. The Bertz CT molecular complexity index is 451. The number of halogens is 2. The number of benzene rings is 1. The second-order valence-electron chi connectivity index (χ2n) is 4.73. The molecule has 112 valence electrons. The lowest BCUT2D eigenvalue weighted by Gasteiger charge is -2.11. The Kier molecular flexibility index (Phi) is 7.34. The molecular weight excluding hydrogens is 344 g/mol. The van der Waals surface area contributed by atoms with Gasteiger partial charge in [-0.05, 0) is 53.9 Å². The summed E-state index contributed by atoms with van der Waals surface area (Å²) in [5, 5.41) is 6.31. The number of carbonyl (C=O) groups is 1. The first-order valence-electron chi connectivity index (χ1n) is 6.56. The highest BCUT2D eigenvalue weighted by atomic mass is 79.9. The summed E-state index contributed by atoms with van der Waals surface area (Å²) in [4.78, 5) is 11.9. The molecule has 0 saturated carbocycles. The van der Waals surface area contributed by atoms with Crippen molar-refractivity contribution >= 4 is 39.9 Å². The monoisotopic (exact) mass is 362 g/mol.